The zero-order valence-electron chi connectivity index (χ0n) is 13.9. The molecule has 3 aromatic rings. The summed E-state index contributed by atoms with van der Waals surface area (Å²) in [6, 6.07) is 8.38. The Balaban J connectivity index is 2.06. The molecule has 3 rings (SSSR count). The molecule has 142 valence electrons. The number of nitrogens with zero attached hydrogens (tertiary/aromatic N) is 2. The summed E-state index contributed by atoms with van der Waals surface area (Å²) in [5, 5.41) is 0.642. The first kappa shape index (κ1) is 19.5. The summed E-state index contributed by atoms with van der Waals surface area (Å²) < 4.78 is 60.0. The molecule has 0 aliphatic heterocycles. The number of halogens is 3. The van der Waals surface area contributed by atoms with Crippen LogP contribution in [0.25, 0.3) is 0 Å². The quantitative estimate of drug-likeness (QED) is 0.541. The molecule has 0 aliphatic rings. The Morgan fingerprint density at radius 2 is 1.89 bits per heavy atom. The maximum Gasteiger partial charge on any atom is 0.268 e. The molecule has 0 N–H and O–H groups in total. The van der Waals surface area contributed by atoms with E-state index >= 15 is 0 Å². The Hall–Kier alpha value is -2.23. The van der Waals surface area contributed by atoms with Crippen LogP contribution in [0.4, 0.5) is 14.6 Å². The fourth-order valence-corrected chi connectivity index (χ4v) is 4.64. The van der Waals surface area contributed by atoms with Crippen LogP contribution in [0.5, 0.6) is 5.75 Å². The standard InChI is InChI=1S/C17H13ClF2N2O3S2/c1-25-12-4-2-11(3-5-12)8-22(15-9-26-10-21-15)27(23,24)14-7-6-13(19)16(18)17(14)20/h2-7,9-10H,8H2,1H3. The number of hydrogen-bond acceptors (Lipinski definition) is 5. The average molecular weight is 431 g/mol. The number of anilines is 1. The van der Waals surface area contributed by atoms with Gasteiger partial charge in [0.15, 0.2) is 11.6 Å². The van der Waals surface area contributed by atoms with E-state index in [2.05, 4.69) is 4.98 Å². The van der Waals surface area contributed by atoms with Gasteiger partial charge in [-0.3, -0.25) is 0 Å². The second-order valence-corrected chi connectivity index (χ2v) is 8.31. The number of ether oxygens (including phenoxy) is 1. The van der Waals surface area contributed by atoms with Crippen LogP contribution in [0.1, 0.15) is 5.56 Å². The molecular weight excluding hydrogens is 418 g/mol. The molecule has 0 atom stereocenters. The molecular formula is C17H13ClF2N2O3S2. The second-order valence-electron chi connectivity index (χ2n) is 5.38. The van der Waals surface area contributed by atoms with Crippen LogP contribution in [-0.4, -0.2) is 20.5 Å². The van der Waals surface area contributed by atoms with Gasteiger partial charge in [-0.25, -0.2) is 26.5 Å². The van der Waals surface area contributed by atoms with Gasteiger partial charge in [-0.2, -0.15) is 0 Å². The summed E-state index contributed by atoms with van der Waals surface area (Å²) in [6.45, 7) is -0.107. The van der Waals surface area contributed by atoms with Gasteiger partial charge in [-0.15, -0.1) is 11.3 Å². The molecule has 0 spiro atoms. The van der Waals surface area contributed by atoms with Crippen LogP contribution < -0.4 is 9.04 Å². The first-order valence-electron chi connectivity index (χ1n) is 7.52. The minimum atomic E-state index is -4.39. The van der Waals surface area contributed by atoms with Gasteiger partial charge in [0.2, 0.25) is 0 Å². The lowest BCUT2D eigenvalue weighted by Crippen LogP contribution is -2.31. The highest BCUT2D eigenvalue weighted by atomic mass is 35.5. The van der Waals surface area contributed by atoms with E-state index in [0.717, 1.165) is 16.4 Å². The van der Waals surface area contributed by atoms with Crippen molar-refractivity contribution < 1.29 is 21.9 Å². The zero-order chi connectivity index (χ0) is 19.6. The predicted octanol–water partition coefficient (Wildman–Crippen LogP) is 4.48. The highest BCUT2D eigenvalue weighted by Gasteiger charge is 2.31. The van der Waals surface area contributed by atoms with Gasteiger partial charge in [-0.1, -0.05) is 23.7 Å². The molecule has 1 heterocycles. The summed E-state index contributed by atoms with van der Waals surface area (Å²) in [4.78, 5) is 3.29. The minimum absolute atomic E-state index is 0.107. The van der Waals surface area contributed by atoms with Crippen molar-refractivity contribution >= 4 is 38.8 Å². The summed E-state index contributed by atoms with van der Waals surface area (Å²) in [6.07, 6.45) is 0. The number of aromatic nitrogens is 1. The molecule has 0 unspecified atom stereocenters. The van der Waals surface area contributed by atoms with Crippen LogP contribution in [0.2, 0.25) is 5.02 Å². The Labute approximate surface area is 163 Å². The molecule has 27 heavy (non-hydrogen) atoms. The molecule has 5 nitrogen and oxygen atoms in total. The lowest BCUT2D eigenvalue weighted by atomic mass is 10.2. The Kier molecular flexibility index (Phi) is 5.64. The lowest BCUT2D eigenvalue weighted by Gasteiger charge is -2.23. The molecule has 0 saturated heterocycles. The predicted molar refractivity (Wildman–Crippen MR) is 99.8 cm³/mol. The van der Waals surface area contributed by atoms with Gasteiger partial charge in [0.05, 0.1) is 19.2 Å². The molecule has 0 fully saturated rings. The fraction of sp³-hybridized carbons (Fsp3) is 0.118. The van der Waals surface area contributed by atoms with Crippen LogP contribution >= 0.6 is 22.9 Å². The topological polar surface area (TPSA) is 59.5 Å². The maximum absolute atomic E-state index is 14.4. The van der Waals surface area contributed by atoms with E-state index in [0.29, 0.717) is 11.3 Å². The molecule has 0 radical (unpaired) electrons. The normalized spacial score (nSPS) is 11.4. The van der Waals surface area contributed by atoms with Gasteiger partial charge in [0, 0.05) is 5.38 Å². The largest absolute Gasteiger partial charge is 0.497 e. The van der Waals surface area contributed by atoms with Crippen LogP contribution in [0.3, 0.4) is 0 Å². The third kappa shape index (κ3) is 3.90. The number of rotatable bonds is 6. The Morgan fingerprint density at radius 3 is 2.48 bits per heavy atom. The second kappa shape index (κ2) is 7.79. The van der Waals surface area contributed by atoms with E-state index in [9.17, 15) is 17.2 Å². The molecule has 1 aromatic heterocycles. The van der Waals surface area contributed by atoms with Crippen LogP contribution in [0.15, 0.2) is 52.2 Å². The number of benzene rings is 2. The minimum Gasteiger partial charge on any atom is -0.497 e. The molecule has 0 saturated carbocycles. The first-order chi connectivity index (χ1) is 12.8. The maximum atomic E-state index is 14.4. The van der Waals surface area contributed by atoms with Gasteiger partial charge >= 0.3 is 0 Å². The molecule has 0 bridgehead atoms. The zero-order valence-corrected chi connectivity index (χ0v) is 16.3. The fourth-order valence-electron chi connectivity index (χ4n) is 2.34. The third-order valence-corrected chi connectivity index (χ3v) is 6.42. The molecule has 0 aliphatic carbocycles. The van der Waals surface area contributed by atoms with Gasteiger partial charge in [0.1, 0.15) is 21.5 Å². The van der Waals surface area contributed by atoms with E-state index in [-0.39, 0.29) is 12.4 Å². The molecule has 0 amide bonds. The Morgan fingerprint density at radius 1 is 1.19 bits per heavy atom. The highest BCUT2D eigenvalue weighted by Crippen LogP contribution is 2.31. The van der Waals surface area contributed by atoms with E-state index < -0.39 is 31.6 Å². The van der Waals surface area contributed by atoms with Crippen molar-refractivity contribution in [1.29, 1.82) is 0 Å². The van der Waals surface area contributed by atoms with Crippen molar-refractivity contribution in [3.05, 3.63) is 69.5 Å². The van der Waals surface area contributed by atoms with E-state index in [1.165, 1.54) is 29.3 Å². The first-order valence-corrected chi connectivity index (χ1v) is 10.3. The molecule has 2 aromatic carbocycles. The number of hydrogen-bond donors (Lipinski definition) is 0. The lowest BCUT2D eigenvalue weighted by molar-refractivity contribution is 0.414. The van der Waals surface area contributed by atoms with Gasteiger partial charge in [0.25, 0.3) is 10.0 Å². The van der Waals surface area contributed by atoms with Crippen molar-refractivity contribution in [1.82, 2.24) is 4.98 Å². The van der Waals surface area contributed by atoms with Crippen molar-refractivity contribution in [3.8, 4) is 5.75 Å². The Bertz CT molecular complexity index is 1040. The van der Waals surface area contributed by atoms with Crippen molar-refractivity contribution in [2.24, 2.45) is 0 Å². The van der Waals surface area contributed by atoms with Crippen LogP contribution in [0, 0.1) is 11.6 Å². The van der Waals surface area contributed by atoms with Crippen molar-refractivity contribution in [2.75, 3.05) is 11.4 Å². The van der Waals surface area contributed by atoms with E-state index in [1.807, 2.05) is 0 Å². The summed E-state index contributed by atoms with van der Waals surface area (Å²) in [5.41, 5.74) is 2.08. The smallest absolute Gasteiger partial charge is 0.268 e. The highest BCUT2D eigenvalue weighted by molar-refractivity contribution is 7.92. The third-order valence-electron chi connectivity index (χ3n) is 3.73. The van der Waals surface area contributed by atoms with Gasteiger partial charge < -0.3 is 4.74 Å². The van der Waals surface area contributed by atoms with Crippen molar-refractivity contribution in [3.63, 3.8) is 0 Å². The van der Waals surface area contributed by atoms with Crippen molar-refractivity contribution in [2.45, 2.75) is 11.4 Å². The van der Waals surface area contributed by atoms with E-state index in [1.54, 1.807) is 24.3 Å². The summed E-state index contributed by atoms with van der Waals surface area (Å²) in [5.74, 6) is -1.65. The van der Waals surface area contributed by atoms with Gasteiger partial charge in [-0.05, 0) is 29.8 Å². The number of thiazole rings is 1. The average Bonchev–Trinajstić information content (AvgIpc) is 3.18. The summed E-state index contributed by atoms with van der Waals surface area (Å²) >= 11 is 6.74. The SMILES string of the molecule is COc1ccc(CN(c2cscn2)S(=O)(=O)c2ccc(F)c(Cl)c2F)cc1. The van der Waals surface area contributed by atoms with Crippen LogP contribution in [-0.2, 0) is 16.6 Å². The molecule has 10 heteroatoms. The number of methoxy groups -OCH3 is 1. The number of sulfonamides is 1. The van der Waals surface area contributed by atoms with E-state index in [4.69, 9.17) is 16.3 Å². The monoisotopic (exact) mass is 430 g/mol. The summed E-state index contributed by atoms with van der Waals surface area (Å²) in [7, 11) is -2.87.